The van der Waals surface area contributed by atoms with Gasteiger partial charge < -0.3 is 9.47 Å². The van der Waals surface area contributed by atoms with Crippen LogP contribution in [-0.2, 0) is 0 Å². The molecule has 34 heavy (non-hydrogen) atoms. The van der Waals surface area contributed by atoms with Gasteiger partial charge in [-0.2, -0.15) is 0 Å². The predicted octanol–water partition coefficient (Wildman–Crippen LogP) is 8.04. The van der Waals surface area contributed by atoms with Crippen LogP contribution in [0.4, 0.5) is 0 Å². The molecule has 0 radical (unpaired) electrons. The summed E-state index contributed by atoms with van der Waals surface area (Å²) in [5.41, 5.74) is 6.83. The normalized spacial score (nSPS) is 12.1. The Morgan fingerprint density at radius 1 is 0.471 bits per heavy atom. The molecule has 0 unspecified atom stereocenters. The third kappa shape index (κ3) is 5.93. The molecule has 0 amide bonds. The Labute approximate surface area is 202 Å². The summed E-state index contributed by atoms with van der Waals surface area (Å²) < 4.78 is 10.6. The maximum absolute atomic E-state index is 5.30. The Bertz CT molecular complexity index is 1160. The average molecular weight is 445 g/mol. The van der Waals surface area contributed by atoms with E-state index in [0.717, 1.165) is 44.9 Å². The SMILES string of the molecule is COc1ccc(/C=C/C(=C(/C=C/c2ccc(OC)cc2)c2ccccc2)c2ccccc2)cc1. The molecule has 0 fully saturated rings. The minimum Gasteiger partial charge on any atom is -0.497 e. The minimum atomic E-state index is 0.850. The van der Waals surface area contributed by atoms with Gasteiger partial charge in [0.15, 0.2) is 0 Å². The number of rotatable bonds is 8. The highest BCUT2D eigenvalue weighted by molar-refractivity contribution is 6.02. The zero-order chi connectivity index (χ0) is 23.6. The van der Waals surface area contributed by atoms with E-state index in [0.29, 0.717) is 0 Å². The third-order valence-corrected chi connectivity index (χ3v) is 5.58. The van der Waals surface area contributed by atoms with Gasteiger partial charge in [-0.05, 0) is 57.7 Å². The Hall–Kier alpha value is -4.30. The van der Waals surface area contributed by atoms with E-state index in [-0.39, 0.29) is 0 Å². The van der Waals surface area contributed by atoms with E-state index in [2.05, 4.69) is 97.1 Å². The van der Waals surface area contributed by atoms with Crippen molar-refractivity contribution in [2.45, 2.75) is 0 Å². The number of allylic oxidation sites excluding steroid dienone is 4. The van der Waals surface area contributed by atoms with E-state index >= 15 is 0 Å². The van der Waals surface area contributed by atoms with Gasteiger partial charge >= 0.3 is 0 Å². The van der Waals surface area contributed by atoms with E-state index in [1.54, 1.807) is 14.2 Å². The molecule has 0 heterocycles. The minimum absolute atomic E-state index is 0.850. The van der Waals surface area contributed by atoms with Crippen LogP contribution in [0.15, 0.2) is 121 Å². The molecule has 0 aromatic heterocycles. The van der Waals surface area contributed by atoms with Gasteiger partial charge in [-0.25, -0.2) is 0 Å². The van der Waals surface area contributed by atoms with Gasteiger partial charge in [-0.3, -0.25) is 0 Å². The Morgan fingerprint density at radius 2 is 0.824 bits per heavy atom. The predicted molar refractivity (Wildman–Crippen MR) is 144 cm³/mol. The lowest BCUT2D eigenvalue weighted by atomic mass is 9.93. The molecule has 4 aromatic carbocycles. The summed E-state index contributed by atoms with van der Waals surface area (Å²) in [6.45, 7) is 0. The average Bonchev–Trinajstić information content (AvgIpc) is 2.92. The van der Waals surface area contributed by atoms with Crippen molar-refractivity contribution in [1.29, 1.82) is 0 Å². The van der Waals surface area contributed by atoms with Gasteiger partial charge in [0.2, 0.25) is 0 Å². The number of hydrogen-bond acceptors (Lipinski definition) is 2. The van der Waals surface area contributed by atoms with Crippen molar-refractivity contribution in [3.8, 4) is 11.5 Å². The highest BCUT2D eigenvalue weighted by atomic mass is 16.5. The van der Waals surface area contributed by atoms with Gasteiger partial charge in [0.05, 0.1) is 14.2 Å². The molecule has 0 N–H and O–H groups in total. The van der Waals surface area contributed by atoms with Crippen LogP contribution in [0, 0.1) is 0 Å². The zero-order valence-electron chi connectivity index (χ0n) is 19.5. The van der Waals surface area contributed by atoms with Crippen LogP contribution < -0.4 is 9.47 Å². The van der Waals surface area contributed by atoms with Crippen LogP contribution in [-0.4, -0.2) is 14.2 Å². The summed E-state index contributed by atoms with van der Waals surface area (Å²) in [4.78, 5) is 0. The first kappa shape index (κ1) is 22.9. The van der Waals surface area contributed by atoms with Crippen molar-refractivity contribution in [2.24, 2.45) is 0 Å². The van der Waals surface area contributed by atoms with Gasteiger partial charge in [-0.1, -0.05) is 109 Å². The van der Waals surface area contributed by atoms with E-state index in [1.165, 1.54) is 0 Å². The first-order chi connectivity index (χ1) is 16.8. The van der Waals surface area contributed by atoms with Crippen LogP contribution in [0.1, 0.15) is 22.3 Å². The molecule has 2 heteroatoms. The Kier molecular flexibility index (Phi) is 7.76. The van der Waals surface area contributed by atoms with Crippen molar-refractivity contribution in [2.75, 3.05) is 14.2 Å². The van der Waals surface area contributed by atoms with Crippen molar-refractivity contribution < 1.29 is 9.47 Å². The van der Waals surface area contributed by atoms with Crippen LogP contribution in [0.5, 0.6) is 11.5 Å². The summed E-state index contributed by atoms with van der Waals surface area (Å²) in [6.07, 6.45) is 8.67. The van der Waals surface area contributed by atoms with Gasteiger partial charge in [0, 0.05) is 0 Å². The van der Waals surface area contributed by atoms with E-state index in [4.69, 9.17) is 9.47 Å². The Balaban J connectivity index is 1.82. The van der Waals surface area contributed by atoms with E-state index < -0.39 is 0 Å². The van der Waals surface area contributed by atoms with Crippen LogP contribution in [0.25, 0.3) is 23.3 Å². The molecular weight excluding hydrogens is 416 g/mol. The highest BCUT2D eigenvalue weighted by Gasteiger charge is 2.08. The van der Waals surface area contributed by atoms with Crippen LogP contribution in [0.2, 0.25) is 0 Å². The number of benzene rings is 4. The standard InChI is InChI=1S/C32H28O2/c1-33-29-19-13-25(14-20-29)17-23-31(27-9-5-3-6-10-27)32(28-11-7-4-8-12-28)24-18-26-15-21-30(34-2)22-16-26/h3-24H,1-2H3/b23-17+,24-18+,32-31+. The molecule has 4 rings (SSSR count). The molecule has 0 saturated heterocycles. The first-order valence-electron chi connectivity index (χ1n) is 11.3. The van der Waals surface area contributed by atoms with Gasteiger partial charge in [0.1, 0.15) is 11.5 Å². The van der Waals surface area contributed by atoms with Crippen molar-refractivity contribution in [3.05, 3.63) is 144 Å². The van der Waals surface area contributed by atoms with Crippen LogP contribution in [0.3, 0.4) is 0 Å². The molecular formula is C32H28O2. The zero-order valence-corrected chi connectivity index (χ0v) is 19.5. The number of hydrogen-bond donors (Lipinski definition) is 0. The number of methoxy groups -OCH3 is 2. The smallest absolute Gasteiger partial charge is 0.118 e. The molecule has 4 aromatic rings. The molecule has 0 bridgehead atoms. The molecule has 0 aliphatic carbocycles. The van der Waals surface area contributed by atoms with Gasteiger partial charge in [0.25, 0.3) is 0 Å². The molecule has 0 atom stereocenters. The Morgan fingerprint density at radius 3 is 1.15 bits per heavy atom. The fraction of sp³-hybridized carbons (Fsp3) is 0.0625. The molecule has 168 valence electrons. The topological polar surface area (TPSA) is 18.5 Å². The largest absolute Gasteiger partial charge is 0.497 e. The second kappa shape index (κ2) is 11.5. The summed E-state index contributed by atoms with van der Waals surface area (Å²) >= 11 is 0. The van der Waals surface area contributed by atoms with Crippen molar-refractivity contribution in [3.63, 3.8) is 0 Å². The summed E-state index contributed by atoms with van der Waals surface area (Å²) in [7, 11) is 3.37. The quantitative estimate of drug-likeness (QED) is 0.202. The molecule has 0 aliphatic rings. The fourth-order valence-electron chi connectivity index (χ4n) is 3.71. The second-order valence-corrected chi connectivity index (χ2v) is 7.77. The molecule has 2 nitrogen and oxygen atoms in total. The van der Waals surface area contributed by atoms with Crippen LogP contribution >= 0.6 is 0 Å². The summed E-state index contributed by atoms with van der Waals surface area (Å²) in [5, 5.41) is 0. The monoisotopic (exact) mass is 444 g/mol. The fourth-order valence-corrected chi connectivity index (χ4v) is 3.71. The van der Waals surface area contributed by atoms with Crippen molar-refractivity contribution >= 4 is 23.3 Å². The molecule has 0 aliphatic heterocycles. The summed E-state index contributed by atoms with van der Waals surface area (Å²) in [5.74, 6) is 1.70. The summed E-state index contributed by atoms with van der Waals surface area (Å²) in [6, 6.07) is 37.2. The second-order valence-electron chi connectivity index (χ2n) is 7.77. The maximum atomic E-state index is 5.30. The lowest BCUT2D eigenvalue weighted by Gasteiger charge is -2.12. The third-order valence-electron chi connectivity index (χ3n) is 5.58. The maximum Gasteiger partial charge on any atom is 0.118 e. The molecule has 0 spiro atoms. The van der Waals surface area contributed by atoms with Gasteiger partial charge in [-0.15, -0.1) is 0 Å². The first-order valence-corrected chi connectivity index (χ1v) is 11.3. The van der Waals surface area contributed by atoms with E-state index in [1.807, 2.05) is 36.4 Å². The lowest BCUT2D eigenvalue weighted by molar-refractivity contribution is 0.414. The number of ether oxygens (including phenoxy) is 2. The molecule has 0 saturated carbocycles. The van der Waals surface area contributed by atoms with Crippen molar-refractivity contribution in [1.82, 2.24) is 0 Å². The van der Waals surface area contributed by atoms with E-state index in [9.17, 15) is 0 Å². The highest BCUT2D eigenvalue weighted by Crippen LogP contribution is 2.30. The lowest BCUT2D eigenvalue weighted by Crippen LogP contribution is -1.89.